The van der Waals surface area contributed by atoms with Crippen molar-refractivity contribution in [1.29, 1.82) is 0 Å². The van der Waals surface area contributed by atoms with Gasteiger partial charge in [-0.25, -0.2) is 9.97 Å². The van der Waals surface area contributed by atoms with Gasteiger partial charge in [0.05, 0.1) is 11.3 Å². The molecule has 2 fully saturated rings. The van der Waals surface area contributed by atoms with Gasteiger partial charge in [-0.15, -0.1) is 0 Å². The SMILES string of the molecule is CC1CN(c2cc(Cl)nc(SCC(=O)N3CCN(c4cccc(C(F)(F)F)c4)CC3)n2)CCN1C(=O)C(C)(C)C. The number of halogens is 4. The second-order valence-corrected chi connectivity index (χ2v) is 12.4. The van der Waals surface area contributed by atoms with Gasteiger partial charge in [0, 0.05) is 69.0 Å². The van der Waals surface area contributed by atoms with Crippen LogP contribution in [0.4, 0.5) is 24.7 Å². The van der Waals surface area contributed by atoms with Crippen LogP contribution in [0.25, 0.3) is 0 Å². The van der Waals surface area contributed by atoms with Gasteiger partial charge >= 0.3 is 6.18 Å². The summed E-state index contributed by atoms with van der Waals surface area (Å²) < 4.78 is 39.2. The van der Waals surface area contributed by atoms with E-state index in [2.05, 4.69) is 14.9 Å². The number of carbonyl (C=O) groups excluding carboxylic acids is 2. The van der Waals surface area contributed by atoms with Crippen LogP contribution in [0.2, 0.25) is 5.15 Å². The molecule has 1 unspecified atom stereocenters. The summed E-state index contributed by atoms with van der Waals surface area (Å²) in [5, 5.41) is 0.662. The molecule has 1 aromatic heterocycles. The second-order valence-electron chi connectivity index (χ2n) is 11.1. The molecule has 0 aliphatic carbocycles. The van der Waals surface area contributed by atoms with E-state index in [1.54, 1.807) is 17.0 Å². The molecule has 13 heteroatoms. The number of benzene rings is 1. The number of carbonyl (C=O) groups is 2. The third-order valence-corrected chi connectivity index (χ3v) is 8.04. The average molecular weight is 599 g/mol. The normalized spacial score (nSPS) is 18.8. The Bertz CT molecular complexity index is 1230. The molecule has 2 aromatic rings. The van der Waals surface area contributed by atoms with Gasteiger partial charge in [0.25, 0.3) is 0 Å². The van der Waals surface area contributed by atoms with Gasteiger partial charge in [-0.05, 0) is 25.1 Å². The van der Waals surface area contributed by atoms with Crippen molar-refractivity contribution in [2.45, 2.75) is 45.1 Å². The Kier molecular flexibility index (Phi) is 9.08. The Morgan fingerprint density at radius 1 is 1.00 bits per heavy atom. The van der Waals surface area contributed by atoms with Gasteiger partial charge in [-0.2, -0.15) is 13.2 Å². The standard InChI is InChI=1S/C27H34ClF3N6O2S/c1-18-16-36(12-13-37(18)24(39)26(2,3)4)22-15-21(28)32-25(33-22)40-17-23(38)35-10-8-34(9-11-35)20-7-5-6-19(14-20)27(29,30)31/h5-7,14-15,18H,8-13,16-17H2,1-4H3. The van der Waals surface area contributed by atoms with E-state index >= 15 is 0 Å². The molecule has 40 heavy (non-hydrogen) atoms. The molecular formula is C27H34ClF3N6O2S. The van der Waals surface area contributed by atoms with E-state index in [1.165, 1.54) is 17.8 Å². The van der Waals surface area contributed by atoms with Crippen LogP contribution in [0.15, 0.2) is 35.5 Å². The van der Waals surface area contributed by atoms with E-state index in [0.717, 1.165) is 12.1 Å². The summed E-state index contributed by atoms with van der Waals surface area (Å²) in [4.78, 5) is 42.1. The molecule has 0 spiro atoms. The van der Waals surface area contributed by atoms with E-state index in [1.807, 2.05) is 37.5 Å². The van der Waals surface area contributed by atoms with Crippen LogP contribution in [0, 0.1) is 5.41 Å². The maximum Gasteiger partial charge on any atom is 0.416 e. The van der Waals surface area contributed by atoms with Crippen LogP contribution >= 0.6 is 23.4 Å². The summed E-state index contributed by atoms with van der Waals surface area (Å²) in [6.45, 7) is 11.3. The number of thioether (sulfide) groups is 1. The van der Waals surface area contributed by atoms with E-state index in [9.17, 15) is 22.8 Å². The third kappa shape index (κ3) is 7.31. The van der Waals surface area contributed by atoms with Gasteiger partial charge in [-0.3, -0.25) is 9.59 Å². The highest BCUT2D eigenvalue weighted by Crippen LogP contribution is 2.32. The lowest BCUT2D eigenvalue weighted by atomic mass is 9.93. The minimum absolute atomic E-state index is 0.00139. The summed E-state index contributed by atoms with van der Waals surface area (Å²) in [6.07, 6.45) is -4.40. The summed E-state index contributed by atoms with van der Waals surface area (Å²) >= 11 is 7.49. The highest BCUT2D eigenvalue weighted by Gasteiger charge is 2.34. The zero-order chi connectivity index (χ0) is 29.2. The average Bonchev–Trinajstić information content (AvgIpc) is 2.90. The monoisotopic (exact) mass is 598 g/mol. The van der Waals surface area contributed by atoms with Crippen LogP contribution in [-0.2, 0) is 15.8 Å². The molecule has 2 saturated heterocycles. The molecule has 4 rings (SSSR count). The molecular weight excluding hydrogens is 565 g/mol. The fourth-order valence-corrected chi connectivity index (χ4v) is 5.80. The van der Waals surface area contributed by atoms with E-state index in [0.29, 0.717) is 62.5 Å². The smallest absolute Gasteiger partial charge is 0.368 e. The first-order valence-corrected chi connectivity index (χ1v) is 14.5. The topological polar surface area (TPSA) is 72.9 Å². The Hall–Kier alpha value is -2.73. The number of rotatable bonds is 5. The largest absolute Gasteiger partial charge is 0.416 e. The lowest BCUT2D eigenvalue weighted by molar-refractivity contribution is -0.142. The van der Waals surface area contributed by atoms with Crippen molar-refractivity contribution in [2.24, 2.45) is 5.41 Å². The first kappa shape index (κ1) is 30.2. The number of anilines is 2. The molecule has 0 saturated carbocycles. The Morgan fingerprint density at radius 2 is 1.68 bits per heavy atom. The van der Waals surface area contributed by atoms with Gasteiger partial charge in [0.15, 0.2) is 5.16 Å². The molecule has 3 heterocycles. The van der Waals surface area contributed by atoms with Crippen molar-refractivity contribution < 1.29 is 22.8 Å². The molecule has 218 valence electrons. The fourth-order valence-electron chi connectivity index (χ4n) is 4.82. The van der Waals surface area contributed by atoms with Crippen molar-refractivity contribution in [3.63, 3.8) is 0 Å². The zero-order valence-electron chi connectivity index (χ0n) is 23.0. The lowest BCUT2D eigenvalue weighted by Gasteiger charge is -2.42. The van der Waals surface area contributed by atoms with Crippen molar-refractivity contribution in [3.05, 3.63) is 41.0 Å². The number of alkyl halides is 3. The van der Waals surface area contributed by atoms with Gasteiger partial charge in [0.1, 0.15) is 11.0 Å². The first-order valence-electron chi connectivity index (χ1n) is 13.2. The lowest BCUT2D eigenvalue weighted by Crippen LogP contribution is -2.56. The Morgan fingerprint density at radius 3 is 2.30 bits per heavy atom. The van der Waals surface area contributed by atoms with Crippen molar-refractivity contribution in [3.8, 4) is 0 Å². The predicted octanol–water partition coefficient (Wildman–Crippen LogP) is 4.67. The fraction of sp³-hybridized carbons (Fsp3) is 0.556. The van der Waals surface area contributed by atoms with Crippen molar-refractivity contribution in [2.75, 3.05) is 61.4 Å². The number of hydrogen-bond acceptors (Lipinski definition) is 7. The maximum atomic E-state index is 13.1. The molecule has 0 bridgehead atoms. The third-order valence-electron chi connectivity index (χ3n) is 7.01. The van der Waals surface area contributed by atoms with Crippen LogP contribution in [0.3, 0.4) is 0 Å². The van der Waals surface area contributed by atoms with E-state index in [-0.39, 0.29) is 28.8 Å². The molecule has 2 aliphatic rings. The van der Waals surface area contributed by atoms with Crippen LogP contribution in [0.5, 0.6) is 0 Å². The van der Waals surface area contributed by atoms with E-state index < -0.39 is 17.2 Å². The number of hydrogen-bond donors (Lipinski definition) is 0. The Balaban J connectivity index is 1.31. The zero-order valence-corrected chi connectivity index (χ0v) is 24.6. The maximum absolute atomic E-state index is 13.1. The second kappa shape index (κ2) is 12.0. The summed E-state index contributed by atoms with van der Waals surface area (Å²) in [5.41, 5.74) is -0.639. The summed E-state index contributed by atoms with van der Waals surface area (Å²) in [6, 6.07) is 6.94. The minimum Gasteiger partial charge on any atom is -0.368 e. The molecule has 0 N–H and O–H groups in total. The van der Waals surface area contributed by atoms with Gasteiger partial charge < -0.3 is 19.6 Å². The number of nitrogens with zero attached hydrogens (tertiary/aromatic N) is 6. The molecule has 0 radical (unpaired) electrons. The van der Waals surface area contributed by atoms with Crippen LogP contribution < -0.4 is 9.80 Å². The van der Waals surface area contributed by atoms with Crippen LogP contribution in [-0.4, -0.2) is 89.2 Å². The van der Waals surface area contributed by atoms with Crippen molar-refractivity contribution in [1.82, 2.24) is 19.8 Å². The van der Waals surface area contributed by atoms with Crippen LogP contribution in [0.1, 0.15) is 33.3 Å². The van der Waals surface area contributed by atoms with E-state index in [4.69, 9.17) is 11.6 Å². The summed E-state index contributed by atoms with van der Waals surface area (Å²) in [5.74, 6) is 0.792. The Labute approximate surface area is 241 Å². The molecule has 2 amide bonds. The number of amides is 2. The summed E-state index contributed by atoms with van der Waals surface area (Å²) in [7, 11) is 0. The highest BCUT2D eigenvalue weighted by molar-refractivity contribution is 7.99. The first-order chi connectivity index (χ1) is 18.7. The molecule has 2 aliphatic heterocycles. The number of aromatic nitrogens is 2. The minimum atomic E-state index is -4.40. The number of piperazine rings is 2. The van der Waals surface area contributed by atoms with Crippen molar-refractivity contribution >= 4 is 46.7 Å². The highest BCUT2D eigenvalue weighted by atomic mass is 35.5. The van der Waals surface area contributed by atoms with Gasteiger partial charge in [-0.1, -0.05) is 50.2 Å². The molecule has 1 atom stereocenters. The van der Waals surface area contributed by atoms with Gasteiger partial charge in [0.2, 0.25) is 11.8 Å². The quantitative estimate of drug-likeness (QED) is 0.281. The molecule has 8 nitrogen and oxygen atoms in total. The predicted molar refractivity (Wildman–Crippen MR) is 151 cm³/mol. The molecule has 1 aromatic carbocycles.